The molecule has 0 unspecified atom stereocenters. The van der Waals surface area contributed by atoms with Crippen molar-refractivity contribution in [2.45, 2.75) is 18.4 Å². The van der Waals surface area contributed by atoms with Gasteiger partial charge in [0.1, 0.15) is 0 Å². The van der Waals surface area contributed by atoms with Gasteiger partial charge in [-0.2, -0.15) is 0 Å². The van der Waals surface area contributed by atoms with Crippen LogP contribution in [-0.2, 0) is 24.6 Å². The molecule has 1 fully saturated rings. The third-order valence-corrected chi connectivity index (χ3v) is 5.95. The van der Waals surface area contributed by atoms with Gasteiger partial charge in [0, 0.05) is 38.9 Å². The SMILES string of the molecule is CS(=O)(=O)CS(=O)(=O)NCC1(O)CCOCC1. The number of sulfone groups is 1. The van der Waals surface area contributed by atoms with E-state index in [1.54, 1.807) is 0 Å². The lowest BCUT2D eigenvalue weighted by Gasteiger charge is -2.31. The van der Waals surface area contributed by atoms with Gasteiger partial charge in [-0.05, 0) is 0 Å². The zero-order valence-electron chi connectivity index (χ0n) is 9.55. The van der Waals surface area contributed by atoms with Gasteiger partial charge in [0.05, 0.1) is 5.60 Å². The molecule has 1 rings (SSSR count). The summed E-state index contributed by atoms with van der Waals surface area (Å²) in [5.41, 5.74) is -1.15. The first-order valence-corrected chi connectivity index (χ1v) is 8.78. The maximum Gasteiger partial charge on any atom is 0.226 e. The van der Waals surface area contributed by atoms with E-state index in [4.69, 9.17) is 4.74 Å². The Balaban J connectivity index is 2.55. The van der Waals surface area contributed by atoms with Crippen LogP contribution in [0.25, 0.3) is 0 Å². The minimum Gasteiger partial charge on any atom is -0.388 e. The second-order valence-corrected chi connectivity index (χ2v) is 8.63. The van der Waals surface area contributed by atoms with Crippen molar-refractivity contribution < 1.29 is 26.7 Å². The monoisotopic (exact) mass is 287 g/mol. The molecule has 0 saturated carbocycles. The molecule has 0 amide bonds. The largest absolute Gasteiger partial charge is 0.388 e. The molecule has 0 atom stereocenters. The standard InChI is InChI=1S/C8H17NO6S2/c1-16(11,12)7-17(13,14)9-6-8(10)2-4-15-5-3-8/h9-10H,2-7H2,1H3. The maximum atomic E-state index is 11.4. The van der Waals surface area contributed by atoms with E-state index in [9.17, 15) is 21.9 Å². The average molecular weight is 287 g/mol. The van der Waals surface area contributed by atoms with Crippen LogP contribution < -0.4 is 4.72 Å². The van der Waals surface area contributed by atoms with Crippen molar-refractivity contribution in [3.63, 3.8) is 0 Å². The summed E-state index contributed by atoms with van der Waals surface area (Å²) in [6.07, 6.45) is 1.50. The molecule has 0 aromatic carbocycles. The highest BCUT2D eigenvalue weighted by Crippen LogP contribution is 2.19. The van der Waals surface area contributed by atoms with Gasteiger partial charge >= 0.3 is 0 Å². The van der Waals surface area contributed by atoms with E-state index in [0.29, 0.717) is 26.1 Å². The summed E-state index contributed by atoms with van der Waals surface area (Å²) >= 11 is 0. The highest BCUT2D eigenvalue weighted by molar-refractivity contribution is 8.06. The van der Waals surface area contributed by atoms with Gasteiger partial charge in [-0.25, -0.2) is 21.6 Å². The van der Waals surface area contributed by atoms with Crippen LogP contribution in [0.2, 0.25) is 0 Å². The van der Waals surface area contributed by atoms with Crippen molar-refractivity contribution in [1.82, 2.24) is 4.72 Å². The van der Waals surface area contributed by atoms with E-state index in [1.807, 2.05) is 0 Å². The lowest BCUT2D eigenvalue weighted by atomic mass is 9.95. The molecule has 7 nitrogen and oxygen atoms in total. The zero-order valence-corrected chi connectivity index (χ0v) is 11.2. The maximum absolute atomic E-state index is 11.4. The molecule has 17 heavy (non-hydrogen) atoms. The number of nitrogens with one attached hydrogen (secondary N) is 1. The first-order valence-electron chi connectivity index (χ1n) is 5.07. The molecule has 0 bridgehead atoms. The van der Waals surface area contributed by atoms with E-state index in [0.717, 1.165) is 6.26 Å². The van der Waals surface area contributed by atoms with Crippen molar-refractivity contribution in [3.05, 3.63) is 0 Å². The van der Waals surface area contributed by atoms with Crippen molar-refractivity contribution in [2.75, 3.05) is 31.1 Å². The zero-order chi connectivity index (χ0) is 13.2. The fourth-order valence-electron chi connectivity index (χ4n) is 1.50. The van der Waals surface area contributed by atoms with Crippen molar-refractivity contribution in [3.8, 4) is 0 Å². The molecule has 1 aliphatic rings. The first kappa shape index (κ1) is 14.8. The van der Waals surface area contributed by atoms with Crippen molar-refractivity contribution in [2.24, 2.45) is 0 Å². The van der Waals surface area contributed by atoms with Crippen LogP contribution in [0.5, 0.6) is 0 Å². The first-order chi connectivity index (χ1) is 7.62. The molecule has 0 spiro atoms. The Morgan fingerprint density at radius 2 is 1.76 bits per heavy atom. The normalized spacial score (nSPS) is 21.3. The predicted molar refractivity (Wildman–Crippen MR) is 61.6 cm³/mol. The van der Waals surface area contributed by atoms with Crippen LogP contribution in [0.15, 0.2) is 0 Å². The molecular formula is C8H17NO6S2. The van der Waals surface area contributed by atoms with E-state index >= 15 is 0 Å². The van der Waals surface area contributed by atoms with Crippen LogP contribution in [0.4, 0.5) is 0 Å². The van der Waals surface area contributed by atoms with Crippen molar-refractivity contribution >= 4 is 19.9 Å². The minimum absolute atomic E-state index is 0.186. The fraction of sp³-hybridized carbons (Fsp3) is 1.00. The lowest BCUT2D eigenvalue weighted by Crippen LogP contribution is -2.47. The van der Waals surface area contributed by atoms with E-state index in [-0.39, 0.29) is 6.54 Å². The number of rotatable bonds is 5. The number of ether oxygens (including phenoxy) is 1. The predicted octanol–water partition coefficient (Wildman–Crippen LogP) is -1.55. The van der Waals surface area contributed by atoms with Gasteiger partial charge < -0.3 is 9.84 Å². The minimum atomic E-state index is -3.92. The van der Waals surface area contributed by atoms with Crippen molar-refractivity contribution in [1.29, 1.82) is 0 Å². The van der Waals surface area contributed by atoms with Crippen LogP contribution >= 0.6 is 0 Å². The Bertz CT molecular complexity index is 448. The number of hydrogen-bond acceptors (Lipinski definition) is 6. The van der Waals surface area contributed by atoms with Crippen LogP contribution in [-0.4, -0.2) is 58.6 Å². The molecular weight excluding hydrogens is 270 g/mol. The molecule has 9 heteroatoms. The fourth-order valence-corrected chi connectivity index (χ4v) is 4.57. The van der Waals surface area contributed by atoms with Crippen LogP contribution in [0.1, 0.15) is 12.8 Å². The average Bonchev–Trinajstić information content (AvgIpc) is 2.13. The van der Waals surface area contributed by atoms with Gasteiger partial charge in [-0.3, -0.25) is 0 Å². The molecule has 0 aromatic rings. The highest BCUT2D eigenvalue weighted by Gasteiger charge is 2.31. The Kier molecular flexibility index (Phi) is 4.53. The number of hydrogen-bond donors (Lipinski definition) is 2. The Morgan fingerprint density at radius 3 is 2.24 bits per heavy atom. The van der Waals surface area contributed by atoms with Gasteiger partial charge in [-0.15, -0.1) is 0 Å². The third kappa shape index (κ3) is 5.77. The quantitative estimate of drug-likeness (QED) is 0.633. The molecule has 102 valence electrons. The Labute approximate surface area is 101 Å². The summed E-state index contributed by atoms with van der Waals surface area (Å²) in [6, 6.07) is 0. The van der Waals surface area contributed by atoms with Gasteiger partial charge in [0.15, 0.2) is 14.9 Å². The summed E-state index contributed by atoms with van der Waals surface area (Å²) in [6.45, 7) is 0.544. The number of aliphatic hydroxyl groups is 1. The molecule has 1 aliphatic heterocycles. The summed E-state index contributed by atoms with van der Waals surface area (Å²) in [5, 5.41) is 9.01. The van der Waals surface area contributed by atoms with E-state index in [1.165, 1.54) is 0 Å². The Hall–Kier alpha value is -0.220. The van der Waals surface area contributed by atoms with Gasteiger partial charge in [0.2, 0.25) is 10.0 Å². The molecule has 0 radical (unpaired) electrons. The van der Waals surface area contributed by atoms with E-state index in [2.05, 4.69) is 4.72 Å². The summed E-state index contributed by atoms with van der Waals surface area (Å²) in [4.78, 5) is 0. The molecule has 1 saturated heterocycles. The molecule has 2 N–H and O–H groups in total. The smallest absolute Gasteiger partial charge is 0.226 e. The van der Waals surface area contributed by atoms with Gasteiger partial charge in [0.25, 0.3) is 0 Å². The molecule has 1 heterocycles. The van der Waals surface area contributed by atoms with Gasteiger partial charge in [-0.1, -0.05) is 0 Å². The highest BCUT2D eigenvalue weighted by atomic mass is 32.3. The topological polar surface area (TPSA) is 110 Å². The lowest BCUT2D eigenvalue weighted by molar-refractivity contribution is -0.0588. The second-order valence-electron chi connectivity index (χ2n) is 4.32. The summed E-state index contributed by atoms with van der Waals surface area (Å²) < 4.78 is 51.7. The molecule has 0 aromatic heterocycles. The number of sulfonamides is 1. The van der Waals surface area contributed by atoms with Crippen LogP contribution in [0, 0.1) is 0 Å². The summed E-state index contributed by atoms with van der Waals surface area (Å²) in [7, 11) is -7.53. The summed E-state index contributed by atoms with van der Waals surface area (Å²) in [5.74, 6) is 0. The van der Waals surface area contributed by atoms with Crippen LogP contribution in [0.3, 0.4) is 0 Å². The molecule has 0 aliphatic carbocycles. The Morgan fingerprint density at radius 1 is 1.24 bits per heavy atom. The van der Waals surface area contributed by atoms with E-state index < -0.39 is 30.5 Å². The second kappa shape index (κ2) is 5.19. The third-order valence-electron chi connectivity index (χ3n) is 2.41.